The van der Waals surface area contributed by atoms with Gasteiger partial charge in [0, 0.05) is 12.8 Å². The summed E-state index contributed by atoms with van der Waals surface area (Å²) < 4.78 is 3.93. The van der Waals surface area contributed by atoms with E-state index in [0.29, 0.717) is 30.3 Å². The normalized spacial score (nSPS) is 14.7. The van der Waals surface area contributed by atoms with Crippen LogP contribution in [-0.4, -0.2) is 76.9 Å². The highest BCUT2D eigenvalue weighted by Crippen LogP contribution is 2.29. The van der Waals surface area contributed by atoms with E-state index in [9.17, 15) is 9.59 Å². The second-order valence-corrected chi connectivity index (χ2v) is 13.9. The SMILES string of the molecule is C.N[C@@H]1CCc2ccccc2-n2cnnc21.O=C(N[C@@H]1CCc2ccccc2-n2cnnc21)c1n[nH]c(Cc2ccccc2)n1.O=C(O)c1n[nH]c(Cc2ccccc2)n1. The first kappa shape index (κ1) is 40.5. The van der Waals surface area contributed by atoms with Crippen LogP contribution in [-0.2, 0) is 25.7 Å². The summed E-state index contributed by atoms with van der Waals surface area (Å²) in [5.74, 6) is 1.26. The van der Waals surface area contributed by atoms with Gasteiger partial charge in [-0.3, -0.25) is 24.1 Å². The Morgan fingerprint density at radius 2 is 1.15 bits per heavy atom. The molecule has 17 nitrogen and oxygen atoms in total. The fourth-order valence-electron chi connectivity index (χ4n) is 7.02. The molecule has 17 heteroatoms. The number of aryl methyl sites for hydroxylation is 2. The Morgan fingerprint density at radius 3 is 1.72 bits per heavy atom. The van der Waals surface area contributed by atoms with Crippen molar-refractivity contribution in [2.45, 2.75) is 58.0 Å². The van der Waals surface area contributed by atoms with E-state index >= 15 is 0 Å². The number of fused-ring (bicyclic) bond motifs is 6. The van der Waals surface area contributed by atoms with Crippen LogP contribution in [0.1, 0.15) is 99.1 Å². The Labute approximate surface area is 345 Å². The number of nitrogens with two attached hydrogens (primary N) is 1. The van der Waals surface area contributed by atoms with Crippen LogP contribution in [0.4, 0.5) is 0 Å². The maximum Gasteiger partial charge on any atom is 0.375 e. The molecular weight excluding hydrogens is 761 g/mol. The summed E-state index contributed by atoms with van der Waals surface area (Å²) in [5.41, 5.74) is 12.9. The maximum absolute atomic E-state index is 12.8. The summed E-state index contributed by atoms with van der Waals surface area (Å²) in [6.45, 7) is 0. The minimum Gasteiger partial charge on any atom is -0.475 e. The quantitative estimate of drug-likeness (QED) is 0.137. The number of rotatable bonds is 7. The van der Waals surface area contributed by atoms with Crippen LogP contribution in [0, 0.1) is 0 Å². The molecule has 304 valence electrons. The molecule has 6 N–H and O–H groups in total. The molecule has 0 radical (unpaired) electrons. The molecule has 0 saturated carbocycles. The molecule has 2 atom stereocenters. The fourth-order valence-corrected chi connectivity index (χ4v) is 7.02. The van der Waals surface area contributed by atoms with Gasteiger partial charge >= 0.3 is 5.97 Å². The Balaban J connectivity index is 0.000000148. The van der Waals surface area contributed by atoms with Crippen molar-refractivity contribution in [1.29, 1.82) is 0 Å². The van der Waals surface area contributed by atoms with Crippen molar-refractivity contribution >= 4 is 11.9 Å². The number of benzene rings is 4. The van der Waals surface area contributed by atoms with Crippen LogP contribution < -0.4 is 11.1 Å². The largest absolute Gasteiger partial charge is 0.475 e. The summed E-state index contributed by atoms with van der Waals surface area (Å²) >= 11 is 0. The van der Waals surface area contributed by atoms with Gasteiger partial charge in [-0.05, 0) is 60.1 Å². The predicted molar refractivity (Wildman–Crippen MR) is 221 cm³/mol. The third-order valence-electron chi connectivity index (χ3n) is 9.91. The molecule has 0 unspecified atom stereocenters. The molecule has 4 aromatic heterocycles. The molecule has 0 spiro atoms. The van der Waals surface area contributed by atoms with Gasteiger partial charge in [0.15, 0.2) is 11.6 Å². The van der Waals surface area contributed by atoms with Crippen LogP contribution in [0.3, 0.4) is 0 Å². The van der Waals surface area contributed by atoms with E-state index in [4.69, 9.17) is 10.8 Å². The zero-order valence-electron chi connectivity index (χ0n) is 31.8. The molecule has 0 bridgehead atoms. The van der Waals surface area contributed by atoms with E-state index in [2.05, 4.69) is 80.3 Å². The summed E-state index contributed by atoms with van der Waals surface area (Å²) in [5, 5.41) is 41.1. The van der Waals surface area contributed by atoms with E-state index in [1.54, 1.807) is 12.7 Å². The predicted octanol–water partition coefficient (Wildman–Crippen LogP) is 5.34. The van der Waals surface area contributed by atoms with E-state index in [0.717, 1.165) is 54.0 Å². The number of para-hydroxylation sites is 2. The number of aromatic carboxylic acids is 1. The van der Waals surface area contributed by atoms with Crippen molar-refractivity contribution in [3.8, 4) is 11.4 Å². The first-order chi connectivity index (χ1) is 28.9. The van der Waals surface area contributed by atoms with Gasteiger partial charge in [0.25, 0.3) is 11.7 Å². The van der Waals surface area contributed by atoms with E-state index in [-0.39, 0.29) is 37.1 Å². The molecule has 8 aromatic rings. The number of H-pyrrole nitrogens is 2. The average Bonchev–Trinajstić information content (AvgIpc) is 4.10. The lowest BCUT2D eigenvalue weighted by atomic mass is 10.1. The number of hydrogen-bond donors (Lipinski definition) is 5. The summed E-state index contributed by atoms with van der Waals surface area (Å²) in [7, 11) is 0. The third kappa shape index (κ3) is 9.37. The monoisotopic (exact) mass is 804 g/mol. The van der Waals surface area contributed by atoms with Crippen molar-refractivity contribution in [2.75, 3.05) is 0 Å². The topological polar surface area (TPSA) is 237 Å². The lowest BCUT2D eigenvalue weighted by Gasteiger charge is -2.14. The van der Waals surface area contributed by atoms with Crippen LogP contribution >= 0.6 is 0 Å². The maximum atomic E-state index is 12.8. The Kier molecular flexibility index (Phi) is 12.7. The highest BCUT2D eigenvalue weighted by molar-refractivity contribution is 5.90. The van der Waals surface area contributed by atoms with Crippen LogP contribution in [0.25, 0.3) is 11.4 Å². The number of carbonyl (C=O) groups is 2. The number of carboxylic acids is 1. The lowest BCUT2D eigenvalue weighted by molar-refractivity contribution is 0.0683. The number of aromatic nitrogens is 12. The highest BCUT2D eigenvalue weighted by Gasteiger charge is 2.27. The fraction of sp³-hybridized carbons (Fsp3) is 0.209. The Bertz CT molecular complexity index is 2650. The molecule has 1 amide bonds. The summed E-state index contributed by atoms with van der Waals surface area (Å²) in [6, 6.07) is 35.7. The van der Waals surface area contributed by atoms with Gasteiger partial charge in [0.05, 0.1) is 23.5 Å². The summed E-state index contributed by atoms with van der Waals surface area (Å²) in [6.07, 6.45) is 8.05. The molecule has 60 heavy (non-hydrogen) atoms. The van der Waals surface area contributed by atoms with Crippen molar-refractivity contribution in [3.05, 3.63) is 179 Å². The number of amides is 1. The van der Waals surface area contributed by atoms with Crippen molar-refractivity contribution < 1.29 is 14.7 Å². The number of carboxylic acid groups (broad SMARTS) is 1. The Morgan fingerprint density at radius 1 is 0.667 bits per heavy atom. The lowest BCUT2D eigenvalue weighted by Crippen LogP contribution is -2.31. The number of aromatic amines is 2. The number of carbonyl (C=O) groups excluding carboxylic acids is 1. The molecular formula is C43H44N14O3. The highest BCUT2D eigenvalue weighted by atomic mass is 16.4. The van der Waals surface area contributed by atoms with Crippen molar-refractivity contribution in [3.63, 3.8) is 0 Å². The standard InChI is InChI=1S/C21H19N7O.C11H12N4.C10H9N3O2.CH4/c29-21(19-24-18(25-26-19)12-14-6-2-1-3-7-14)23-16-11-10-15-8-4-5-9-17(15)28-13-22-27-20(16)28;12-9-6-5-8-3-1-2-4-10(8)15-7-13-14-11(9)15;14-10(15)9-11-8(12-13-9)6-7-4-2-1-3-5-7;/h1-9,13,16H,10-12H2,(H,23,29)(H,24,25,26);1-4,7,9H,5-6,12H2;1-5H,6H2,(H,14,15)(H,11,12,13);1H4/t16-;9-;;/m11../s1. The van der Waals surface area contributed by atoms with Gasteiger partial charge in [0.2, 0.25) is 5.82 Å². The first-order valence-corrected chi connectivity index (χ1v) is 19.1. The molecule has 0 aliphatic carbocycles. The number of nitrogens with one attached hydrogen (secondary N) is 3. The van der Waals surface area contributed by atoms with Gasteiger partial charge in [-0.1, -0.05) is 104 Å². The second-order valence-electron chi connectivity index (χ2n) is 13.9. The van der Waals surface area contributed by atoms with Gasteiger partial charge in [-0.2, -0.15) is 0 Å². The zero-order chi connectivity index (χ0) is 40.6. The number of hydrogen-bond acceptors (Lipinski definition) is 11. The van der Waals surface area contributed by atoms with Gasteiger partial charge in [-0.15, -0.1) is 30.6 Å². The van der Waals surface area contributed by atoms with Gasteiger partial charge < -0.3 is 16.2 Å². The first-order valence-electron chi connectivity index (χ1n) is 19.1. The molecule has 0 saturated heterocycles. The molecule has 2 aliphatic rings. The average molecular weight is 805 g/mol. The van der Waals surface area contributed by atoms with Gasteiger partial charge in [-0.25, -0.2) is 14.8 Å². The molecule has 2 aliphatic heterocycles. The van der Waals surface area contributed by atoms with E-state index in [1.807, 2.05) is 94.1 Å². The van der Waals surface area contributed by atoms with Crippen LogP contribution in [0.15, 0.2) is 122 Å². The Hall–Kier alpha value is -7.66. The van der Waals surface area contributed by atoms with Crippen molar-refractivity contribution in [2.24, 2.45) is 5.73 Å². The summed E-state index contributed by atoms with van der Waals surface area (Å²) in [4.78, 5) is 31.5. The van der Waals surface area contributed by atoms with E-state index in [1.165, 1.54) is 11.1 Å². The molecule has 10 rings (SSSR count). The molecule has 6 heterocycles. The van der Waals surface area contributed by atoms with E-state index < -0.39 is 5.97 Å². The molecule has 0 fully saturated rings. The van der Waals surface area contributed by atoms with Crippen molar-refractivity contribution in [1.82, 2.24) is 65.2 Å². The van der Waals surface area contributed by atoms with Crippen LogP contribution in [0.2, 0.25) is 0 Å². The van der Waals surface area contributed by atoms with Gasteiger partial charge in [0.1, 0.15) is 24.3 Å². The molecule has 4 aromatic carbocycles. The smallest absolute Gasteiger partial charge is 0.375 e. The minimum atomic E-state index is -1.12. The second kappa shape index (κ2) is 18.7. The van der Waals surface area contributed by atoms with Crippen LogP contribution in [0.5, 0.6) is 0 Å². The zero-order valence-corrected chi connectivity index (χ0v) is 31.8. The number of nitrogens with zero attached hydrogens (tertiary/aromatic N) is 10. The third-order valence-corrected chi connectivity index (χ3v) is 9.91. The minimum absolute atomic E-state index is 0.